The van der Waals surface area contributed by atoms with Gasteiger partial charge in [-0.15, -0.1) is 22.7 Å². The van der Waals surface area contributed by atoms with Gasteiger partial charge in [0.25, 0.3) is 0 Å². The highest BCUT2D eigenvalue weighted by atomic mass is 32.2. The van der Waals surface area contributed by atoms with Crippen molar-refractivity contribution in [3.8, 4) is 0 Å². The van der Waals surface area contributed by atoms with Crippen molar-refractivity contribution in [2.24, 2.45) is 0 Å². The maximum absolute atomic E-state index is 2.45. The molecule has 8 aromatic rings. The molecule has 0 spiro atoms. The number of hydrogen-bond donors (Lipinski definition) is 0. The zero-order valence-electron chi connectivity index (χ0n) is 24.9. The van der Waals surface area contributed by atoms with E-state index in [1.165, 1.54) is 61.3 Å². The average molecular weight is 657 g/mol. The molecule has 216 valence electrons. The molecular formula is C39H32S4Si. The Morgan fingerprint density at radius 2 is 0.977 bits per heavy atom. The van der Waals surface area contributed by atoms with Crippen LogP contribution in [0.3, 0.4) is 0 Å². The summed E-state index contributed by atoms with van der Waals surface area (Å²) < 4.78 is 4.40. The molecule has 0 aliphatic carbocycles. The van der Waals surface area contributed by atoms with Gasteiger partial charge in [0.15, 0.2) is 0 Å². The summed E-state index contributed by atoms with van der Waals surface area (Å²) in [7, 11) is -1.39. The molecule has 0 amide bonds. The van der Waals surface area contributed by atoms with Crippen LogP contribution in [-0.4, -0.2) is 8.07 Å². The van der Waals surface area contributed by atoms with Crippen LogP contribution in [0, 0.1) is 0 Å². The van der Waals surface area contributed by atoms with E-state index in [0.717, 1.165) is 0 Å². The quantitative estimate of drug-likeness (QED) is 0.169. The summed E-state index contributed by atoms with van der Waals surface area (Å²) in [6.45, 7) is 7.35. The molecule has 0 aliphatic heterocycles. The van der Waals surface area contributed by atoms with Gasteiger partial charge in [-0.1, -0.05) is 128 Å². The molecule has 6 aromatic carbocycles. The molecule has 5 heteroatoms. The third-order valence-corrected chi connectivity index (χ3v) is 15.9. The minimum atomic E-state index is -1.39. The summed E-state index contributed by atoms with van der Waals surface area (Å²) >= 11 is 7.61. The Kier molecular flexibility index (Phi) is 8.41. The van der Waals surface area contributed by atoms with E-state index in [1.54, 1.807) is 4.50 Å². The fraction of sp³-hybridized carbons (Fsp3) is 0.0769. The van der Waals surface area contributed by atoms with Crippen LogP contribution in [0.25, 0.3) is 41.7 Å². The first-order chi connectivity index (χ1) is 21.4. The van der Waals surface area contributed by atoms with Crippen molar-refractivity contribution >= 4 is 100 Å². The zero-order valence-corrected chi connectivity index (χ0v) is 29.2. The van der Waals surface area contributed by atoms with Gasteiger partial charge in [-0.25, -0.2) is 0 Å². The lowest BCUT2D eigenvalue weighted by atomic mass is 10.1. The Morgan fingerprint density at radius 1 is 0.500 bits per heavy atom. The molecule has 44 heavy (non-hydrogen) atoms. The molecular weight excluding hydrogens is 625 g/mol. The molecule has 2 aromatic heterocycles. The summed E-state index contributed by atoms with van der Waals surface area (Å²) in [5, 5.41) is 10.4. The molecule has 8 rings (SSSR count). The van der Waals surface area contributed by atoms with Gasteiger partial charge in [-0.05, 0) is 70.1 Å². The fourth-order valence-corrected chi connectivity index (χ4v) is 13.0. The number of rotatable bonds is 5. The molecule has 0 aliphatic rings. The second kappa shape index (κ2) is 12.6. The number of benzene rings is 6. The van der Waals surface area contributed by atoms with E-state index in [0.29, 0.717) is 0 Å². The topological polar surface area (TPSA) is 0 Å². The average Bonchev–Trinajstić information content (AvgIpc) is 3.60. The molecule has 0 saturated carbocycles. The van der Waals surface area contributed by atoms with E-state index < -0.39 is 8.07 Å². The third-order valence-electron chi connectivity index (χ3n) is 7.53. The Balaban J connectivity index is 0.000000144. The van der Waals surface area contributed by atoms with E-state index in [1.807, 2.05) is 46.2 Å². The summed E-state index contributed by atoms with van der Waals surface area (Å²) in [5.41, 5.74) is 0. The van der Waals surface area contributed by atoms with Gasteiger partial charge in [-0.2, -0.15) is 0 Å². The van der Waals surface area contributed by atoms with E-state index >= 15 is 0 Å². The Labute approximate surface area is 276 Å². The standard InChI is InChI=1S/C21H20S2Si.C18H12S2/c1-24(2,3)21-20(22-17-11-5-4-6-12-17)18-13-15-9-7-8-10-16(15)14-19(18)23-21;1-2-8-15(9-3-1)20-18-12-19-17-11-14-7-5-4-6-13(14)10-16(17)18/h4-14H,1-3H3;1-12H. The molecule has 0 bridgehead atoms. The minimum absolute atomic E-state index is 1.29. The molecule has 0 N–H and O–H groups in total. The van der Waals surface area contributed by atoms with Crippen molar-refractivity contribution in [2.45, 2.75) is 39.2 Å². The highest BCUT2D eigenvalue weighted by Gasteiger charge is 2.25. The second-order valence-electron chi connectivity index (χ2n) is 11.8. The van der Waals surface area contributed by atoms with E-state index in [9.17, 15) is 0 Å². The van der Waals surface area contributed by atoms with Gasteiger partial charge in [0.05, 0.1) is 8.07 Å². The van der Waals surface area contributed by atoms with Gasteiger partial charge in [0, 0.05) is 49.6 Å². The lowest BCUT2D eigenvalue weighted by molar-refractivity contribution is 1.45. The van der Waals surface area contributed by atoms with E-state index in [2.05, 4.69) is 158 Å². The Bertz CT molecular complexity index is 2210. The van der Waals surface area contributed by atoms with Crippen molar-refractivity contribution in [1.82, 2.24) is 0 Å². The molecule has 0 nitrogen and oxygen atoms in total. The van der Waals surface area contributed by atoms with Gasteiger partial charge in [0.2, 0.25) is 0 Å². The second-order valence-corrected chi connectivity index (χ2v) is 21.4. The zero-order chi connectivity index (χ0) is 30.1. The van der Waals surface area contributed by atoms with Crippen LogP contribution in [0.4, 0.5) is 0 Å². The third kappa shape index (κ3) is 6.26. The lowest BCUT2D eigenvalue weighted by Crippen LogP contribution is -2.36. The van der Waals surface area contributed by atoms with Crippen LogP contribution in [0.2, 0.25) is 19.6 Å². The van der Waals surface area contributed by atoms with Gasteiger partial charge in [-0.3, -0.25) is 0 Å². The number of fused-ring (bicyclic) bond motifs is 4. The van der Waals surface area contributed by atoms with Crippen LogP contribution < -0.4 is 4.50 Å². The largest absolute Gasteiger partial charge is 0.144 e. The Morgan fingerprint density at radius 3 is 1.55 bits per heavy atom. The SMILES string of the molecule is C[Si](C)(C)c1sc2cc3ccccc3cc2c1Sc1ccccc1.c1ccc(Sc2csc3cc4ccccc4cc23)cc1. The number of hydrogen-bond acceptors (Lipinski definition) is 4. The van der Waals surface area contributed by atoms with Gasteiger partial charge >= 0.3 is 0 Å². The van der Waals surface area contributed by atoms with Crippen molar-refractivity contribution in [3.05, 3.63) is 139 Å². The normalized spacial score (nSPS) is 11.7. The van der Waals surface area contributed by atoms with Crippen LogP contribution in [0.15, 0.2) is 158 Å². The summed E-state index contributed by atoms with van der Waals surface area (Å²) in [6, 6.07) is 47.9. The van der Waals surface area contributed by atoms with Gasteiger partial charge in [0.1, 0.15) is 0 Å². The Hall–Kier alpha value is -3.32. The molecule has 0 fully saturated rings. The van der Waals surface area contributed by atoms with Crippen molar-refractivity contribution in [1.29, 1.82) is 0 Å². The van der Waals surface area contributed by atoms with Crippen LogP contribution in [0.5, 0.6) is 0 Å². The molecule has 0 unspecified atom stereocenters. The first-order valence-electron chi connectivity index (χ1n) is 14.7. The molecule has 0 saturated heterocycles. The summed E-state index contributed by atoms with van der Waals surface area (Å²) in [6.07, 6.45) is 0. The van der Waals surface area contributed by atoms with E-state index in [4.69, 9.17) is 0 Å². The van der Waals surface area contributed by atoms with Crippen LogP contribution >= 0.6 is 46.2 Å². The maximum atomic E-state index is 2.45. The smallest absolute Gasteiger partial charge is 0.0919 e. The van der Waals surface area contributed by atoms with Crippen LogP contribution in [-0.2, 0) is 0 Å². The summed E-state index contributed by atoms with van der Waals surface area (Å²) in [4.78, 5) is 5.44. The highest BCUT2D eigenvalue weighted by molar-refractivity contribution is 8.00. The predicted molar refractivity (Wildman–Crippen MR) is 203 cm³/mol. The van der Waals surface area contributed by atoms with Crippen molar-refractivity contribution in [3.63, 3.8) is 0 Å². The van der Waals surface area contributed by atoms with Crippen LogP contribution in [0.1, 0.15) is 0 Å². The molecule has 2 heterocycles. The fourth-order valence-electron chi connectivity index (χ4n) is 5.35. The monoisotopic (exact) mass is 656 g/mol. The van der Waals surface area contributed by atoms with E-state index in [-0.39, 0.29) is 0 Å². The van der Waals surface area contributed by atoms with Gasteiger partial charge < -0.3 is 0 Å². The van der Waals surface area contributed by atoms with Crippen molar-refractivity contribution < 1.29 is 0 Å². The first-order valence-corrected chi connectivity index (χ1v) is 21.6. The maximum Gasteiger partial charge on any atom is 0.0919 e. The molecule has 0 atom stereocenters. The number of thiophene rings is 2. The predicted octanol–water partition coefficient (Wildman–Crippen LogP) is 13.0. The highest BCUT2D eigenvalue weighted by Crippen LogP contribution is 2.40. The lowest BCUT2D eigenvalue weighted by Gasteiger charge is -2.16. The van der Waals surface area contributed by atoms with Crippen molar-refractivity contribution in [2.75, 3.05) is 0 Å². The molecule has 0 radical (unpaired) electrons. The first kappa shape index (κ1) is 29.4. The summed E-state index contributed by atoms with van der Waals surface area (Å²) in [5.74, 6) is 0. The minimum Gasteiger partial charge on any atom is -0.144 e.